The van der Waals surface area contributed by atoms with E-state index in [1.165, 1.54) is 0 Å². The number of rotatable bonds is 2. The Morgan fingerprint density at radius 3 is 2.85 bits per heavy atom. The van der Waals surface area contributed by atoms with Gasteiger partial charge in [0.2, 0.25) is 0 Å². The molecule has 0 aromatic carbocycles. The Labute approximate surface area is 117 Å². The van der Waals surface area contributed by atoms with E-state index in [0.29, 0.717) is 5.69 Å². The number of amides is 1. The minimum atomic E-state index is 0.0208. The third kappa shape index (κ3) is 1.92. The first-order chi connectivity index (χ1) is 9.59. The molecule has 0 radical (unpaired) electrons. The van der Waals surface area contributed by atoms with Crippen molar-refractivity contribution in [3.05, 3.63) is 35.0 Å². The zero-order valence-electron chi connectivity index (χ0n) is 12.0. The van der Waals surface area contributed by atoms with E-state index in [4.69, 9.17) is 4.52 Å². The Morgan fingerprint density at radius 2 is 2.25 bits per heavy atom. The van der Waals surface area contributed by atoms with Crippen LogP contribution in [-0.2, 0) is 7.05 Å². The van der Waals surface area contributed by atoms with E-state index in [1.807, 2.05) is 18.7 Å². The maximum atomic E-state index is 12.7. The molecule has 3 rings (SSSR count). The Hall–Kier alpha value is -2.11. The van der Waals surface area contributed by atoms with E-state index >= 15 is 0 Å². The van der Waals surface area contributed by atoms with Crippen LogP contribution in [0.1, 0.15) is 46.4 Å². The minimum Gasteiger partial charge on any atom is -0.361 e. The zero-order valence-corrected chi connectivity index (χ0v) is 12.0. The Bertz CT molecular complexity index is 624. The summed E-state index contributed by atoms with van der Waals surface area (Å²) >= 11 is 0. The molecule has 1 saturated heterocycles. The molecule has 6 heteroatoms. The van der Waals surface area contributed by atoms with Crippen LogP contribution in [0.15, 0.2) is 16.8 Å². The van der Waals surface area contributed by atoms with Crippen LogP contribution in [0.5, 0.6) is 0 Å². The molecule has 0 unspecified atom stereocenters. The molecule has 0 saturated carbocycles. The molecule has 1 amide bonds. The van der Waals surface area contributed by atoms with Crippen molar-refractivity contribution in [2.45, 2.75) is 32.7 Å². The maximum absolute atomic E-state index is 12.7. The van der Waals surface area contributed by atoms with Crippen LogP contribution in [0, 0.1) is 13.8 Å². The fourth-order valence-corrected chi connectivity index (χ4v) is 3.01. The van der Waals surface area contributed by atoms with E-state index in [9.17, 15) is 4.79 Å². The van der Waals surface area contributed by atoms with E-state index in [2.05, 4.69) is 10.3 Å². The first-order valence-electron chi connectivity index (χ1n) is 6.81. The van der Waals surface area contributed by atoms with Crippen LogP contribution < -0.4 is 0 Å². The Balaban J connectivity index is 1.94. The lowest BCUT2D eigenvalue weighted by molar-refractivity contribution is 0.0723. The number of hydrogen-bond donors (Lipinski definition) is 0. The summed E-state index contributed by atoms with van der Waals surface area (Å²) in [5.74, 6) is 0.824. The third-order valence-electron chi connectivity index (χ3n) is 3.98. The van der Waals surface area contributed by atoms with Gasteiger partial charge in [0.15, 0.2) is 0 Å². The van der Waals surface area contributed by atoms with Crippen LogP contribution in [0.3, 0.4) is 0 Å². The highest BCUT2D eigenvalue weighted by Crippen LogP contribution is 2.36. The monoisotopic (exact) mass is 274 g/mol. The van der Waals surface area contributed by atoms with Crippen molar-refractivity contribution in [1.82, 2.24) is 19.8 Å². The molecule has 106 valence electrons. The molecule has 2 aromatic heterocycles. The molecule has 0 spiro atoms. The quantitative estimate of drug-likeness (QED) is 0.840. The zero-order chi connectivity index (χ0) is 14.3. The average molecular weight is 274 g/mol. The van der Waals surface area contributed by atoms with E-state index in [-0.39, 0.29) is 11.9 Å². The maximum Gasteiger partial charge on any atom is 0.272 e. The largest absolute Gasteiger partial charge is 0.361 e. The van der Waals surface area contributed by atoms with Gasteiger partial charge < -0.3 is 9.42 Å². The van der Waals surface area contributed by atoms with Crippen LogP contribution >= 0.6 is 0 Å². The van der Waals surface area contributed by atoms with Crippen molar-refractivity contribution >= 4 is 5.91 Å². The minimum absolute atomic E-state index is 0.0208. The van der Waals surface area contributed by atoms with Crippen LogP contribution in [0.25, 0.3) is 0 Å². The lowest BCUT2D eigenvalue weighted by Crippen LogP contribution is -2.32. The highest BCUT2D eigenvalue weighted by atomic mass is 16.5. The highest BCUT2D eigenvalue weighted by molar-refractivity contribution is 5.93. The normalized spacial score (nSPS) is 18.8. The van der Waals surface area contributed by atoms with Crippen molar-refractivity contribution in [3.63, 3.8) is 0 Å². The summed E-state index contributed by atoms with van der Waals surface area (Å²) in [4.78, 5) is 14.6. The van der Waals surface area contributed by atoms with Gasteiger partial charge >= 0.3 is 0 Å². The molecule has 1 fully saturated rings. The molecular weight excluding hydrogens is 256 g/mol. The summed E-state index contributed by atoms with van der Waals surface area (Å²) in [7, 11) is 1.79. The SMILES string of the molecule is Cc1noc(C)c1[C@H]1CCCN1C(=O)c1ccnn1C. The van der Waals surface area contributed by atoms with Gasteiger partial charge in [-0.2, -0.15) is 5.10 Å². The lowest BCUT2D eigenvalue weighted by Gasteiger charge is -2.24. The van der Waals surface area contributed by atoms with Gasteiger partial charge in [0.25, 0.3) is 5.91 Å². The smallest absolute Gasteiger partial charge is 0.272 e. The molecular formula is C14H18N4O2. The lowest BCUT2D eigenvalue weighted by atomic mass is 10.0. The standard InChI is InChI=1S/C14H18N4O2/c1-9-13(10(2)20-16-9)11-5-4-8-18(11)14(19)12-6-7-15-17(12)3/h6-7,11H,4-5,8H2,1-3H3/t11-/m1/s1. The van der Waals surface area contributed by atoms with Crippen LogP contribution in [0.4, 0.5) is 0 Å². The molecule has 1 aliphatic rings. The molecule has 0 N–H and O–H groups in total. The second-order valence-electron chi connectivity index (χ2n) is 5.23. The van der Waals surface area contributed by atoms with Gasteiger partial charge in [0, 0.05) is 25.4 Å². The van der Waals surface area contributed by atoms with Crippen molar-refractivity contribution < 1.29 is 9.32 Å². The molecule has 20 heavy (non-hydrogen) atoms. The number of carbonyl (C=O) groups is 1. The third-order valence-corrected chi connectivity index (χ3v) is 3.98. The average Bonchev–Trinajstić information content (AvgIpc) is 3.10. The topological polar surface area (TPSA) is 64.2 Å². The highest BCUT2D eigenvalue weighted by Gasteiger charge is 2.35. The van der Waals surface area contributed by atoms with E-state index in [0.717, 1.165) is 36.4 Å². The Morgan fingerprint density at radius 1 is 1.45 bits per heavy atom. The predicted molar refractivity (Wildman–Crippen MR) is 72.2 cm³/mol. The molecule has 0 aliphatic carbocycles. The van der Waals surface area contributed by atoms with Crippen LogP contribution in [0.2, 0.25) is 0 Å². The number of aryl methyl sites for hydroxylation is 3. The number of hydrogen-bond acceptors (Lipinski definition) is 4. The fraction of sp³-hybridized carbons (Fsp3) is 0.500. The van der Waals surface area contributed by atoms with Gasteiger partial charge in [-0.05, 0) is 32.8 Å². The number of likely N-dealkylation sites (tertiary alicyclic amines) is 1. The summed E-state index contributed by atoms with van der Waals surface area (Å²) in [6, 6.07) is 1.81. The summed E-state index contributed by atoms with van der Waals surface area (Å²) in [6.07, 6.45) is 3.60. The van der Waals surface area contributed by atoms with Crippen molar-refractivity contribution in [1.29, 1.82) is 0 Å². The van der Waals surface area contributed by atoms with Gasteiger partial charge in [-0.15, -0.1) is 0 Å². The molecule has 3 heterocycles. The Kier molecular flexibility index (Phi) is 3.08. The molecule has 1 aliphatic heterocycles. The summed E-state index contributed by atoms with van der Waals surface area (Å²) in [6.45, 7) is 4.59. The molecule has 0 bridgehead atoms. The van der Waals surface area contributed by atoms with Gasteiger partial charge in [-0.3, -0.25) is 9.48 Å². The number of aromatic nitrogens is 3. The second kappa shape index (κ2) is 4.77. The number of carbonyl (C=O) groups excluding carboxylic acids is 1. The second-order valence-corrected chi connectivity index (χ2v) is 5.23. The van der Waals surface area contributed by atoms with Gasteiger partial charge in [-0.25, -0.2) is 0 Å². The van der Waals surface area contributed by atoms with Crippen molar-refractivity contribution in [2.24, 2.45) is 7.05 Å². The summed E-state index contributed by atoms with van der Waals surface area (Å²) in [5.41, 5.74) is 2.54. The fourth-order valence-electron chi connectivity index (χ4n) is 3.01. The van der Waals surface area contributed by atoms with Crippen molar-refractivity contribution in [3.8, 4) is 0 Å². The summed E-state index contributed by atoms with van der Waals surface area (Å²) < 4.78 is 6.86. The first kappa shape index (κ1) is 12.9. The van der Waals surface area contributed by atoms with Crippen LogP contribution in [-0.4, -0.2) is 32.3 Å². The number of nitrogens with zero attached hydrogens (tertiary/aromatic N) is 4. The van der Waals surface area contributed by atoms with Gasteiger partial charge in [0.1, 0.15) is 11.5 Å². The molecule has 2 aromatic rings. The molecule has 1 atom stereocenters. The van der Waals surface area contributed by atoms with Crippen molar-refractivity contribution in [2.75, 3.05) is 6.54 Å². The predicted octanol–water partition coefficient (Wildman–Crippen LogP) is 2.00. The van der Waals surface area contributed by atoms with Gasteiger partial charge in [-0.1, -0.05) is 5.16 Å². The molecule has 6 nitrogen and oxygen atoms in total. The summed E-state index contributed by atoms with van der Waals surface area (Å²) in [5, 5.41) is 8.07. The van der Waals surface area contributed by atoms with E-state index in [1.54, 1.807) is 24.0 Å². The van der Waals surface area contributed by atoms with E-state index < -0.39 is 0 Å². The first-order valence-corrected chi connectivity index (χ1v) is 6.81. The van der Waals surface area contributed by atoms with Gasteiger partial charge in [0.05, 0.1) is 11.7 Å².